The van der Waals surface area contributed by atoms with Crippen LogP contribution in [-0.4, -0.2) is 22.3 Å². The molecule has 0 atom stereocenters. The summed E-state index contributed by atoms with van der Waals surface area (Å²) in [6.07, 6.45) is 2.67. The normalized spacial score (nSPS) is 14.5. The zero-order chi connectivity index (χ0) is 11.7. The number of thiophene rings is 1. The van der Waals surface area contributed by atoms with Gasteiger partial charge >= 0.3 is 0 Å². The summed E-state index contributed by atoms with van der Waals surface area (Å²) in [5.74, 6) is 0.134. The molecule has 0 saturated heterocycles. The molecule has 2 aromatic heterocycles. The Hall–Kier alpha value is -1.68. The SMILES string of the molecule is O=C(c1cccs1)N1CCc2ncccc2C1. The molecule has 4 heteroatoms. The van der Waals surface area contributed by atoms with Gasteiger partial charge in [0.2, 0.25) is 0 Å². The number of aromatic nitrogens is 1. The highest BCUT2D eigenvalue weighted by molar-refractivity contribution is 7.12. The van der Waals surface area contributed by atoms with Gasteiger partial charge < -0.3 is 4.90 Å². The third-order valence-corrected chi connectivity index (χ3v) is 3.84. The second kappa shape index (κ2) is 4.30. The van der Waals surface area contributed by atoms with E-state index in [2.05, 4.69) is 11.1 Å². The molecule has 3 heterocycles. The summed E-state index contributed by atoms with van der Waals surface area (Å²) in [5, 5.41) is 1.94. The lowest BCUT2D eigenvalue weighted by molar-refractivity contribution is 0.0738. The van der Waals surface area contributed by atoms with Crippen LogP contribution in [0.4, 0.5) is 0 Å². The second-order valence-corrected chi connectivity index (χ2v) is 5.01. The Kier molecular flexibility index (Phi) is 2.65. The van der Waals surface area contributed by atoms with Crippen LogP contribution >= 0.6 is 11.3 Å². The lowest BCUT2D eigenvalue weighted by atomic mass is 10.1. The van der Waals surface area contributed by atoms with Crippen molar-refractivity contribution >= 4 is 17.2 Å². The van der Waals surface area contributed by atoms with Gasteiger partial charge in [0.05, 0.1) is 4.88 Å². The molecule has 0 unspecified atom stereocenters. The monoisotopic (exact) mass is 244 g/mol. The molecule has 1 amide bonds. The van der Waals surface area contributed by atoms with E-state index in [1.807, 2.05) is 34.7 Å². The molecule has 1 aliphatic heterocycles. The van der Waals surface area contributed by atoms with E-state index in [0.29, 0.717) is 6.54 Å². The summed E-state index contributed by atoms with van der Waals surface area (Å²) < 4.78 is 0. The summed E-state index contributed by atoms with van der Waals surface area (Å²) in [6.45, 7) is 1.45. The summed E-state index contributed by atoms with van der Waals surface area (Å²) in [5.41, 5.74) is 2.30. The smallest absolute Gasteiger partial charge is 0.264 e. The van der Waals surface area contributed by atoms with Crippen molar-refractivity contribution in [2.24, 2.45) is 0 Å². The molecule has 0 spiro atoms. The number of hydrogen-bond donors (Lipinski definition) is 0. The minimum absolute atomic E-state index is 0.134. The van der Waals surface area contributed by atoms with Crippen LogP contribution in [0.2, 0.25) is 0 Å². The van der Waals surface area contributed by atoms with Gasteiger partial charge in [-0.25, -0.2) is 0 Å². The van der Waals surface area contributed by atoms with Gasteiger partial charge in [0, 0.05) is 31.4 Å². The molecule has 17 heavy (non-hydrogen) atoms. The number of nitrogens with zero attached hydrogens (tertiary/aromatic N) is 2. The number of carbonyl (C=O) groups excluding carboxylic acids is 1. The zero-order valence-electron chi connectivity index (χ0n) is 9.30. The zero-order valence-corrected chi connectivity index (χ0v) is 10.1. The molecule has 2 aromatic rings. The van der Waals surface area contributed by atoms with Crippen LogP contribution in [0.3, 0.4) is 0 Å². The predicted molar refractivity (Wildman–Crippen MR) is 67.0 cm³/mol. The first-order valence-corrected chi connectivity index (χ1v) is 6.48. The Balaban J connectivity index is 1.83. The molecule has 0 aromatic carbocycles. The van der Waals surface area contributed by atoms with Crippen molar-refractivity contribution < 1.29 is 4.79 Å². The molecule has 3 rings (SSSR count). The molecule has 0 N–H and O–H groups in total. The maximum Gasteiger partial charge on any atom is 0.264 e. The fourth-order valence-corrected chi connectivity index (χ4v) is 2.79. The third kappa shape index (κ3) is 1.96. The molecule has 86 valence electrons. The van der Waals surface area contributed by atoms with Crippen LogP contribution in [0.5, 0.6) is 0 Å². The lowest BCUT2D eigenvalue weighted by Crippen LogP contribution is -2.35. The maximum atomic E-state index is 12.2. The minimum atomic E-state index is 0.134. The molecular formula is C13H12N2OS. The van der Waals surface area contributed by atoms with Crippen molar-refractivity contribution in [2.45, 2.75) is 13.0 Å². The third-order valence-electron chi connectivity index (χ3n) is 2.98. The van der Waals surface area contributed by atoms with Crippen molar-refractivity contribution in [1.29, 1.82) is 0 Å². The van der Waals surface area contributed by atoms with Crippen molar-refractivity contribution in [2.75, 3.05) is 6.54 Å². The maximum absolute atomic E-state index is 12.2. The van der Waals surface area contributed by atoms with Crippen molar-refractivity contribution in [3.05, 3.63) is 52.0 Å². The van der Waals surface area contributed by atoms with Gasteiger partial charge in [-0.15, -0.1) is 11.3 Å². The number of amides is 1. The standard InChI is InChI=1S/C13H12N2OS/c16-13(12-4-2-8-17-12)15-7-5-11-10(9-15)3-1-6-14-11/h1-4,6,8H,5,7,9H2. The highest BCUT2D eigenvalue weighted by Gasteiger charge is 2.22. The Bertz CT molecular complexity index is 536. The van der Waals surface area contributed by atoms with Gasteiger partial charge in [0.15, 0.2) is 0 Å². The van der Waals surface area contributed by atoms with E-state index in [1.54, 1.807) is 0 Å². The van der Waals surface area contributed by atoms with Gasteiger partial charge in [0.1, 0.15) is 0 Å². The van der Waals surface area contributed by atoms with E-state index in [4.69, 9.17) is 0 Å². The first-order chi connectivity index (χ1) is 8.34. The van der Waals surface area contributed by atoms with Gasteiger partial charge in [-0.3, -0.25) is 9.78 Å². The Morgan fingerprint density at radius 2 is 2.29 bits per heavy atom. The molecule has 3 nitrogen and oxygen atoms in total. The van der Waals surface area contributed by atoms with Crippen molar-refractivity contribution in [3.63, 3.8) is 0 Å². The average Bonchev–Trinajstić information content (AvgIpc) is 2.91. The summed E-state index contributed by atoms with van der Waals surface area (Å²) in [7, 11) is 0. The number of fused-ring (bicyclic) bond motifs is 1. The van der Waals surface area contributed by atoms with Crippen LogP contribution in [-0.2, 0) is 13.0 Å². The van der Waals surface area contributed by atoms with Gasteiger partial charge in [-0.05, 0) is 23.1 Å². The van der Waals surface area contributed by atoms with E-state index in [1.165, 1.54) is 16.9 Å². The average molecular weight is 244 g/mol. The van der Waals surface area contributed by atoms with E-state index in [9.17, 15) is 4.79 Å². The fourth-order valence-electron chi connectivity index (χ4n) is 2.10. The van der Waals surface area contributed by atoms with E-state index < -0.39 is 0 Å². The van der Waals surface area contributed by atoms with Crippen LogP contribution in [0.15, 0.2) is 35.8 Å². The highest BCUT2D eigenvalue weighted by atomic mass is 32.1. The van der Waals surface area contributed by atoms with E-state index >= 15 is 0 Å². The summed E-state index contributed by atoms with van der Waals surface area (Å²) in [4.78, 5) is 19.2. The molecule has 0 saturated carbocycles. The lowest BCUT2D eigenvalue weighted by Gasteiger charge is -2.27. The van der Waals surface area contributed by atoms with E-state index in [-0.39, 0.29) is 5.91 Å². The Morgan fingerprint density at radius 1 is 1.35 bits per heavy atom. The molecule has 0 aliphatic carbocycles. The van der Waals surface area contributed by atoms with Crippen LogP contribution in [0.1, 0.15) is 20.9 Å². The molecular weight excluding hydrogens is 232 g/mol. The minimum Gasteiger partial charge on any atom is -0.333 e. The first kappa shape index (κ1) is 10.5. The van der Waals surface area contributed by atoms with Crippen LogP contribution in [0.25, 0.3) is 0 Å². The second-order valence-electron chi connectivity index (χ2n) is 4.06. The van der Waals surface area contributed by atoms with Gasteiger partial charge in [0.25, 0.3) is 5.91 Å². The number of pyridine rings is 1. The largest absolute Gasteiger partial charge is 0.333 e. The topological polar surface area (TPSA) is 33.2 Å². The summed E-state index contributed by atoms with van der Waals surface area (Å²) in [6, 6.07) is 7.78. The van der Waals surface area contributed by atoms with Crippen molar-refractivity contribution in [1.82, 2.24) is 9.88 Å². The molecule has 0 fully saturated rings. The van der Waals surface area contributed by atoms with Gasteiger partial charge in [-0.2, -0.15) is 0 Å². The Morgan fingerprint density at radius 3 is 3.12 bits per heavy atom. The summed E-state index contributed by atoms with van der Waals surface area (Å²) >= 11 is 1.50. The predicted octanol–water partition coefficient (Wildman–Crippen LogP) is 2.34. The van der Waals surface area contributed by atoms with E-state index in [0.717, 1.165) is 23.5 Å². The Labute approximate surface area is 104 Å². The van der Waals surface area contributed by atoms with Crippen molar-refractivity contribution in [3.8, 4) is 0 Å². The van der Waals surface area contributed by atoms with Gasteiger partial charge in [-0.1, -0.05) is 12.1 Å². The molecule has 0 radical (unpaired) electrons. The highest BCUT2D eigenvalue weighted by Crippen LogP contribution is 2.20. The number of carbonyl (C=O) groups is 1. The fraction of sp³-hybridized carbons (Fsp3) is 0.231. The molecule has 1 aliphatic rings. The number of rotatable bonds is 1. The van der Waals surface area contributed by atoms with Crippen LogP contribution in [0, 0.1) is 0 Å². The molecule has 0 bridgehead atoms. The quantitative estimate of drug-likeness (QED) is 0.771. The van der Waals surface area contributed by atoms with Crippen LogP contribution < -0.4 is 0 Å². The number of hydrogen-bond acceptors (Lipinski definition) is 3. The first-order valence-electron chi connectivity index (χ1n) is 5.60.